The van der Waals surface area contributed by atoms with E-state index in [1.165, 1.54) is 22.1 Å². The lowest BCUT2D eigenvalue weighted by Crippen LogP contribution is -2.49. The Morgan fingerprint density at radius 2 is 1.94 bits per heavy atom. The van der Waals surface area contributed by atoms with Crippen LogP contribution in [0.2, 0.25) is 0 Å². The fourth-order valence-corrected chi connectivity index (χ4v) is 5.16. The summed E-state index contributed by atoms with van der Waals surface area (Å²) < 4.78 is 6.80. The molecule has 4 aromatic rings. The third kappa shape index (κ3) is 3.60. The molecule has 1 amide bonds. The number of thiazole rings is 1. The normalized spacial score (nSPS) is 16.1. The summed E-state index contributed by atoms with van der Waals surface area (Å²) in [6.07, 6.45) is 2.24. The second kappa shape index (κ2) is 8.16. The molecule has 1 aromatic carbocycles. The first-order valence-electron chi connectivity index (χ1n) is 10.3. The Morgan fingerprint density at radius 1 is 1.16 bits per heavy atom. The highest BCUT2D eigenvalue weighted by Gasteiger charge is 2.33. The Bertz CT molecular complexity index is 1180. The van der Waals surface area contributed by atoms with Crippen LogP contribution in [0, 0.1) is 0 Å². The summed E-state index contributed by atoms with van der Waals surface area (Å²) in [5.41, 5.74) is 1.09. The van der Waals surface area contributed by atoms with Gasteiger partial charge in [-0.25, -0.2) is 4.98 Å². The second-order valence-electron chi connectivity index (χ2n) is 7.48. The SMILES string of the molecule is CCc1nc2sc([C@H](c3ccccc3)N3CCN(C(=O)c4ccco4)CC3)c(O)n2n1. The van der Waals surface area contributed by atoms with E-state index in [9.17, 15) is 9.90 Å². The predicted molar refractivity (Wildman–Crippen MR) is 116 cm³/mol. The van der Waals surface area contributed by atoms with Gasteiger partial charge >= 0.3 is 0 Å². The molecule has 31 heavy (non-hydrogen) atoms. The van der Waals surface area contributed by atoms with Gasteiger partial charge in [-0.2, -0.15) is 4.52 Å². The van der Waals surface area contributed by atoms with Gasteiger partial charge in [-0.05, 0) is 17.7 Å². The van der Waals surface area contributed by atoms with Crippen molar-refractivity contribution in [2.45, 2.75) is 19.4 Å². The molecule has 0 aliphatic carbocycles. The zero-order valence-electron chi connectivity index (χ0n) is 17.1. The van der Waals surface area contributed by atoms with E-state index in [1.807, 2.05) is 30.0 Å². The highest BCUT2D eigenvalue weighted by Crippen LogP contribution is 2.40. The Hall–Kier alpha value is -3.17. The van der Waals surface area contributed by atoms with Crippen LogP contribution in [0.25, 0.3) is 4.96 Å². The van der Waals surface area contributed by atoms with E-state index in [2.05, 4.69) is 27.1 Å². The van der Waals surface area contributed by atoms with Crippen molar-refractivity contribution in [1.29, 1.82) is 0 Å². The zero-order valence-corrected chi connectivity index (χ0v) is 18.0. The van der Waals surface area contributed by atoms with Crippen LogP contribution >= 0.6 is 11.3 Å². The topological polar surface area (TPSA) is 87.1 Å². The van der Waals surface area contributed by atoms with E-state index in [-0.39, 0.29) is 17.8 Å². The third-order valence-electron chi connectivity index (χ3n) is 5.62. The smallest absolute Gasteiger partial charge is 0.289 e. The van der Waals surface area contributed by atoms with Gasteiger partial charge in [0.2, 0.25) is 10.8 Å². The number of carbonyl (C=O) groups excluding carboxylic acids is 1. The second-order valence-corrected chi connectivity index (χ2v) is 8.49. The highest BCUT2D eigenvalue weighted by molar-refractivity contribution is 7.17. The maximum atomic E-state index is 12.6. The zero-order chi connectivity index (χ0) is 21.4. The number of aromatic nitrogens is 3. The number of benzene rings is 1. The number of carbonyl (C=O) groups is 1. The molecule has 0 radical (unpaired) electrons. The summed E-state index contributed by atoms with van der Waals surface area (Å²) in [5, 5.41) is 15.4. The van der Waals surface area contributed by atoms with E-state index >= 15 is 0 Å². The molecule has 3 aromatic heterocycles. The fourth-order valence-electron chi connectivity index (χ4n) is 4.02. The van der Waals surface area contributed by atoms with Crippen molar-refractivity contribution < 1.29 is 14.3 Å². The molecule has 1 aliphatic rings. The van der Waals surface area contributed by atoms with E-state index in [0.29, 0.717) is 36.9 Å². The van der Waals surface area contributed by atoms with Crippen molar-refractivity contribution >= 4 is 22.2 Å². The predicted octanol–water partition coefficient (Wildman–Crippen LogP) is 3.20. The van der Waals surface area contributed by atoms with Gasteiger partial charge in [-0.1, -0.05) is 48.6 Å². The van der Waals surface area contributed by atoms with Crippen LogP contribution in [-0.4, -0.2) is 61.6 Å². The van der Waals surface area contributed by atoms with Gasteiger partial charge in [0.25, 0.3) is 5.91 Å². The number of rotatable bonds is 5. The molecule has 5 rings (SSSR count). The van der Waals surface area contributed by atoms with Gasteiger partial charge in [0.05, 0.1) is 17.2 Å². The summed E-state index contributed by atoms with van der Waals surface area (Å²) in [5.74, 6) is 1.13. The number of hydrogen-bond donors (Lipinski definition) is 1. The minimum atomic E-state index is -0.138. The van der Waals surface area contributed by atoms with Gasteiger partial charge in [0.15, 0.2) is 11.6 Å². The first kappa shape index (κ1) is 19.8. The van der Waals surface area contributed by atoms with E-state index < -0.39 is 0 Å². The fraction of sp³-hybridized carbons (Fsp3) is 0.318. The summed E-state index contributed by atoms with van der Waals surface area (Å²) in [7, 11) is 0. The lowest BCUT2D eigenvalue weighted by molar-refractivity contribution is 0.0568. The van der Waals surface area contributed by atoms with Crippen molar-refractivity contribution in [2.75, 3.05) is 26.2 Å². The average molecular weight is 438 g/mol. The average Bonchev–Trinajstić information content (AvgIpc) is 3.54. The molecule has 4 heterocycles. The Kier molecular flexibility index (Phi) is 5.21. The van der Waals surface area contributed by atoms with Crippen LogP contribution in [0.5, 0.6) is 5.88 Å². The van der Waals surface area contributed by atoms with Crippen LogP contribution in [-0.2, 0) is 6.42 Å². The molecule has 8 nitrogen and oxygen atoms in total. The largest absolute Gasteiger partial charge is 0.492 e. The summed E-state index contributed by atoms with van der Waals surface area (Å²) in [4.78, 5) is 22.8. The van der Waals surface area contributed by atoms with Gasteiger partial charge < -0.3 is 14.4 Å². The molecule has 9 heteroatoms. The lowest BCUT2D eigenvalue weighted by atomic mass is 10.0. The molecule has 0 bridgehead atoms. The van der Waals surface area contributed by atoms with Crippen molar-refractivity contribution in [3.8, 4) is 5.88 Å². The number of fused-ring (bicyclic) bond motifs is 1. The minimum absolute atomic E-state index is 0.0883. The summed E-state index contributed by atoms with van der Waals surface area (Å²) >= 11 is 1.46. The van der Waals surface area contributed by atoms with Crippen molar-refractivity contribution in [2.24, 2.45) is 0 Å². The third-order valence-corrected chi connectivity index (χ3v) is 6.69. The maximum absolute atomic E-state index is 12.6. The van der Waals surface area contributed by atoms with E-state index in [1.54, 1.807) is 12.1 Å². The molecule has 0 spiro atoms. The van der Waals surface area contributed by atoms with Gasteiger partial charge in [-0.3, -0.25) is 9.69 Å². The molecule has 0 saturated carbocycles. The number of hydrogen-bond acceptors (Lipinski definition) is 7. The van der Waals surface area contributed by atoms with Gasteiger partial charge in [0.1, 0.15) is 0 Å². The lowest BCUT2D eigenvalue weighted by Gasteiger charge is -2.38. The number of amides is 1. The van der Waals surface area contributed by atoms with Crippen LogP contribution in [0.1, 0.15) is 39.8 Å². The van der Waals surface area contributed by atoms with E-state index in [4.69, 9.17) is 4.42 Å². The van der Waals surface area contributed by atoms with Gasteiger partial charge in [0, 0.05) is 32.6 Å². The Labute approximate surface area is 183 Å². The molecule has 0 unspecified atom stereocenters. The van der Waals surface area contributed by atoms with Crippen LogP contribution in [0.15, 0.2) is 53.1 Å². The van der Waals surface area contributed by atoms with Crippen molar-refractivity contribution in [3.05, 3.63) is 70.8 Å². The number of nitrogens with zero attached hydrogens (tertiary/aromatic N) is 5. The molecule has 1 saturated heterocycles. The minimum Gasteiger partial charge on any atom is -0.492 e. The molecule has 1 aliphatic heterocycles. The Morgan fingerprint density at radius 3 is 2.58 bits per heavy atom. The number of piperazine rings is 1. The molecular weight excluding hydrogens is 414 g/mol. The maximum Gasteiger partial charge on any atom is 0.289 e. The monoisotopic (exact) mass is 437 g/mol. The van der Waals surface area contributed by atoms with Gasteiger partial charge in [-0.15, -0.1) is 5.10 Å². The number of furan rings is 1. The van der Waals surface area contributed by atoms with Crippen LogP contribution in [0.3, 0.4) is 0 Å². The molecule has 1 atom stereocenters. The molecular formula is C22H23N5O3S. The molecule has 160 valence electrons. The highest BCUT2D eigenvalue weighted by atomic mass is 32.1. The Balaban J connectivity index is 1.44. The standard InChI is InChI=1S/C22H23N5O3S/c1-2-17-23-22-27(24-17)21(29)19(31-22)18(15-7-4-3-5-8-15)25-10-12-26(13-11-25)20(28)16-9-6-14-30-16/h3-9,14,18,29H,2,10-13H2,1H3/t18-/m0/s1. The van der Waals surface area contributed by atoms with Crippen molar-refractivity contribution in [1.82, 2.24) is 24.4 Å². The molecule has 1 fully saturated rings. The van der Waals surface area contributed by atoms with Crippen LogP contribution < -0.4 is 0 Å². The summed E-state index contributed by atoms with van der Waals surface area (Å²) in [6.45, 7) is 4.53. The molecule has 1 N–H and O–H groups in total. The first-order valence-corrected chi connectivity index (χ1v) is 11.2. The van der Waals surface area contributed by atoms with Crippen molar-refractivity contribution in [3.63, 3.8) is 0 Å². The first-order chi connectivity index (χ1) is 15.2. The number of aromatic hydroxyl groups is 1. The van der Waals surface area contributed by atoms with E-state index in [0.717, 1.165) is 22.7 Å². The summed E-state index contributed by atoms with van der Waals surface area (Å²) in [6, 6.07) is 13.4. The number of aryl methyl sites for hydroxylation is 1. The quantitative estimate of drug-likeness (QED) is 0.516. The van der Waals surface area contributed by atoms with Crippen LogP contribution in [0.4, 0.5) is 0 Å².